The summed E-state index contributed by atoms with van der Waals surface area (Å²) in [5.41, 5.74) is 0.970. The van der Waals surface area contributed by atoms with Gasteiger partial charge in [-0.25, -0.2) is 4.98 Å². The Hall–Kier alpha value is -1.23. The summed E-state index contributed by atoms with van der Waals surface area (Å²) in [6.45, 7) is 5.13. The standard InChI is InChI=1S/C12H18N2O2S/c1-3-13-11-7-5-6-10(14-11)8-17-9-12(15)16-4-2/h5-7H,3-4,8-9H2,1-2H3,(H,13,14). The monoisotopic (exact) mass is 254 g/mol. The maximum atomic E-state index is 11.1. The molecular weight excluding hydrogens is 236 g/mol. The van der Waals surface area contributed by atoms with Gasteiger partial charge in [0.15, 0.2) is 0 Å². The molecular formula is C12H18N2O2S. The number of ether oxygens (including phenoxy) is 1. The Bertz CT molecular complexity index is 358. The molecule has 1 heterocycles. The number of nitrogens with zero attached hydrogens (tertiary/aromatic N) is 1. The molecule has 0 spiro atoms. The van der Waals surface area contributed by atoms with Gasteiger partial charge in [0.05, 0.1) is 18.1 Å². The summed E-state index contributed by atoms with van der Waals surface area (Å²) < 4.78 is 4.85. The van der Waals surface area contributed by atoms with Gasteiger partial charge in [0.1, 0.15) is 5.82 Å². The minimum Gasteiger partial charge on any atom is -0.465 e. The Kier molecular flexibility index (Phi) is 6.47. The molecule has 0 radical (unpaired) electrons. The molecule has 0 aliphatic heterocycles. The molecule has 1 N–H and O–H groups in total. The van der Waals surface area contributed by atoms with Crippen molar-refractivity contribution in [2.24, 2.45) is 0 Å². The summed E-state index contributed by atoms with van der Waals surface area (Å²) in [7, 11) is 0. The van der Waals surface area contributed by atoms with Gasteiger partial charge in [0.25, 0.3) is 0 Å². The van der Waals surface area contributed by atoms with E-state index in [1.54, 1.807) is 0 Å². The maximum Gasteiger partial charge on any atom is 0.315 e. The zero-order valence-corrected chi connectivity index (χ0v) is 11.0. The van der Waals surface area contributed by atoms with Gasteiger partial charge in [-0.3, -0.25) is 4.79 Å². The SMILES string of the molecule is CCNc1cccc(CSCC(=O)OCC)n1. The van der Waals surface area contributed by atoms with Crippen LogP contribution in [0.3, 0.4) is 0 Å². The molecule has 0 aromatic carbocycles. The molecule has 0 saturated heterocycles. The second kappa shape index (κ2) is 7.95. The fraction of sp³-hybridized carbons (Fsp3) is 0.500. The van der Waals surface area contributed by atoms with E-state index in [0.29, 0.717) is 12.4 Å². The molecule has 0 fully saturated rings. The van der Waals surface area contributed by atoms with E-state index < -0.39 is 0 Å². The lowest BCUT2D eigenvalue weighted by molar-refractivity contribution is -0.139. The Morgan fingerprint density at radius 1 is 1.47 bits per heavy atom. The van der Waals surface area contributed by atoms with Crippen molar-refractivity contribution in [1.82, 2.24) is 4.98 Å². The predicted octanol–water partition coefficient (Wildman–Crippen LogP) is 2.31. The lowest BCUT2D eigenvalue weighted by atomic mass is 10.4. The van der Waals surface area contributed by atoms with Crippen molar-refractivity contribution in [1.29, 1.82) is 0 Å². The minimum atomic E-state index is -0.166. The minimum absolute atomic E-state index is 0.166. The highest BCUT2D eigenvalue weighted by Crippen LogP contribution is 2.12. The number of carbonyl (C=O) groups excluding carboxylic acids is 1. The number of hydrogen-bond donors (Lipinski definition) is 1. The molecule has 5 heteroatoms. The highest BCUT2D eigenvalue weighted by atomic mass is 32.2. The van der Waals surface area contributed by atoms with Crippen molar-refractivity contribution < 1.29 is 9.53 Å². The number of esters is 1. The van der Waals surface area contributed by atoms with Crippen molar-refractivity contribution in [2.75, 3.05) is 24.2 Å². The third-order valence-corrected chi connectivity index (χ3v) is 2.88. The third kappa shape index (κ3) is 5.58. The molecule has 17 heavy (non-hydrogen) atoms. The van der Waals surface area contributed by atoms with Gasteiger partial charge in [-0.15, -0.1) is 11.8 Å². The van der Waals surface area contributed by atoms with Crippen LogP contribution in [0.4, 0.5) is 5.82 Å². The number of carbonyl (C=O) groups is 1. The number of nitrogens with one attached hydrogen (secondary N) is 1. The molecule has 0 aliphatic rings. The van der Waals surface area contributed by atoms with Gasteiger partial charge < -0.3 is 10.1 Å². The first-order chi connectivity index (χ1) is 8.26. The number of thioether (sulfide) groups is 1. The van der Waals surface area contributed by atoms with E-state index >= 15 is 0 Å². The van der Waals surface area contributed by atoms with Crippen LogP contribution >= 0.6 is 11.8 Å². The molecule has 4 nitrogen and oxygen atoms in total. The highest BCUT2D eigenvalue weighted by molar-refractivity contribution is 7.99. The van der Waals surface area contributed by atoms with Crippen molar-refractivity contribution >= 4 is 23.5 Å². The van der Waals surface area contributed by atoms with Crippen LogP contribution in [0, 0.1) is 0 Å². The molecule has 94 valence electrons. The van der Waals surface area contributed by atoms with E-state index in [1.165, 1.54) is 11.8 Å². The van der Waals surface area contributed by atoms with Crippen LogP contribution in [0.15, 0.2) is 18.2 Å². The first kappa shape index (κ1) is 13.8. The Labute approximate surface area is 106 Å². The van der Waals surface area contributed by atoms with E-state index in [9.17, 15) is 4.79 Å². The van der Waals surface area contributed by atoms with Gasteiger partial charge in [-0.1, -0.05) is 6.07 Å². The second-order valence-corrected chi connectivity index (χ2v) is 4.33. The molecule has 1 aromatic heterocycles. The Morgan fingerprint density at radius 2 is 2.29 bits per heavy atom. The average molecular weight is 254 g/mol. The fourth-order valence-corrected chi connectivity index (χ4v) is 2.00. The van der Waals surface area contributed by atoms with Gasteiger partial charge >= 0.3 is 5.97 Å². The van der Waals surface area contributed by atoms with Crippen LogP contribution in [0.5, 0.6) is 0 Å². The topological polar surface area (TPSA) is 51.2 Å². The van der Waals surface area contributed by atoms with Crippen LogP contribution in [0.1, 0.15) is 19.5 Å². The first-order valence-corrected chi connectivity index (χ1v) is 6.85. The maximum absolute atomic E-state index is 11.1. The van der Waals surface area contributed by atoms with Crippen molar-refractivity contribution in [2.45, 2.75) is 19.6 Å². The second-order valence-electron chi connectivity index (χ2n) is 3.34. The van der Waals surface area contributed by atoms with Crippen LogP contribution in [-0.4, -0.2) is 29.9 Å². The van der Waals surface area contributed by atoms with Crippen LogP contribution in [-0.2, 0) is 15.3 Å². The van der Waals surface area contributed by atoms with Gasteiger partial charge in [-0.2, -0.15) is 0 Å². The van der Waals surface area contributed by atoms with Crippen LogP contribution < -0.4 is 5.32 Å². The number of hydrogen-bond acceptors (Lipinski definition) is 5. The Balaban J connectivity index is 2.35. The number of aromatic nitrogens is 1. The van der Waals surface area contributed by atoms with Gasteiger partial charge in [-0.05, 0) is 26.0 Å². The fourth-order valence-electron chi connectivity index (χ4n) is 1.28. The quantitative estimate of drug-likeness (QED) is 0.757. The lowest BCUT2D eigenvalue weighted by Crippen LogP contribution is -2.07. The van der Waals surface area contributed by atoms with Gasteiger partial charge in [0.2, 0.25) is 0 Å². The van der Waals surface area contributed by atoms with Crippen molar-refractivity contribution in [3.05, 3.63) is 23.9 Å². The van der Waals surface area contributed by atoms with E-state index in [-0.39, 0.29) is 5.97 Å². The van der Waals surface area contributed by atoms with Crippen molar-refractivity contribution in [3.63, 3.8) is 0 Å². The molecule has 0 aliphatic carbocycles. The smallest absolute Gasteiger partial charge is 0.315 e. The summed E-state index contributed by atoms with van der Waals surface area (Å²) in [6, 6.07) is 5.85. The number of anilines is 1. The molecule has 0 atom stereocenters. The summed E-state index contributed by atoms with van der Waals surface area (Å²) in [5.74, 6) is 1.81. The molecule has 0 amide bonds. The normalized spacial score (nSPS) is 10.0. The zero-order valence-electron chi connectivity index (χ0n) is 10.2. The Morgan fingerprint density at radius 3 is 3.00 bits per heavy atom. The molecule has 0 saturated carbocycles. The molecule has 0 unspecified atom stereocenters. The molecule has 0 bridgehead atoms. The summed E-state index contributed by atoms with van der Waals surface area (Å²) in [4.78, 5) is 15.5. The summed E-state index contributed by atoms with van der Waals surface area (Å²) in [5, 5.41) is 3.16. The van der Waals surface area contributed by atoms with E-state index in [4.69, 9.17) is 4.74 Å². The predicted molar refractivity (Wildman–Crippen MR) is 71.2 cm³/mol. The zero-order chi connectivity index (χ0) is 12.5. The van der Waals surface area contributed by atoms with Gasteiger partial charge in [0, 0.05) is 12.3 Å². The van der Waals surface area contributed by atoms with E-state index in [1.807, 2.05) is 32.0 Å². The molecule has 1 aromatic rings. The average Bonchev–Trinajstić information content (AvgIpc) is 2.30. The molecule has 1 rings (SSSR count). The largest absolute Gasteiger partial charge is 0.465 e. The highest BCUT2D eigenvalue weighted by Gasteiger charge is 2.03. The lowest BCUT2D eigenvalue weighted by Gasteiger charge is -2.05. The number of rotatable bonds is 7. The van der Waals surface area contributed by atoms with Crippen LogP contribution in [0.25, 0.3) is 0 Å². The number of pyridine rings is 1. The first-order valence-electron chi connectivity index (χ1n) is 5.69. The summed E-state index contributed by atoms with van der Waals surface area (Å²) in [6.07, 6.45) is 0. The van der Waals surface area contributed by atoms with E-state index in [0.717, 1.165) is 23.8 Å². The summed E-state index contributed by atoms with van der Waals surface area (Å²) >= 11 is 1.52. The van der Waals surface area contributed by atoms with Crippen molar-refractivity contribution in [3.8, 4) is 0 Å². The third-order valence-electron chi connectivity index (χ3n) is 1.94. The van der Waals surface area contributed by atoms with E-state index in [2.05, 4.69) is 10.3 Å². The van der Waals surface area contributed by atoms with Crippen LogP contribution in [0.2, 0.25) is 0 Å².